The molecule has 0 fully saturated rings. The van der Waals surface area contributed by atoms with Crippen molar-refractivity contribution in [2.45, 2.75) is 12.5 Å². The summed E-state index contributed by atoms with van der Waals surface area (Å²) in [7, 11) is 0. The minimum atomic E-state index is -0.967. The number of carboxylic acid groups (broad SMARTS) is 1. The highest BCUT2D eigenvalue weighted by Gasteiger charge is 2.22. The Hall–Kier alpha value is -3.33. The summed E-state index contributed by atoms with van der Waals surface area (Å²) in [6.45, 7) is 0. The molecule has 4 rings (SSSR count). The third-order valence-corrected chi connectivity index (χ3v) is 4.58. The Morgan fingerprint density at radius 3 is 2.08 bits per heavy atom. The summed E-state index contributed by atoms with van der Waals surface area (Å²) in [5.74, 6) is -0.374. The van der Waals surface area contributed by atoms with E-state index in [1.54, 1.807) is 0 Å². The molecule has 0 unspecified atom stereocenters. The van der Waals surface area contributed by atoms with Crippen LogP contribution in [0.25, 0.3) is 21.5 Å². The number of hydrogen-bond donors (Lipinski definition) is 1. The number of ether oxygens (including phenoxy) is 1. The second-order valence-electron chi connectivity index (χ2n) is 6.26. The van der Waals surface area contributed by atoms with Gasteiger partial charge in [0.2, 0.25) is 0 Å². The first-order valence-electron chi connectivity index (χ1n) is 8.56. The molecule has 0 amide bonds. The van der Waals surface area contributed by atoms with E-state index < -0.39 is 12.1 Å². The highest BCUT2D eigenvalue weighted by atomic mass is 16.5. The van der Waals surface area contributed by atoms with Crippen molar-refractivity contribution in [2.24, 2.45) is 0 Å². The van der Waals surface area contributed by atoms with E-state index in [0.717, 1.165) is 27.1 Å². The fourth-order valence-corrected chi connectivity index (χ4v) is 3.30. The van der Waals surface area contributed by atoms with Gasteiger partial charge in [-0.05, 0) is 27.8 Å². The standard InChI is InChI=1S/C23H18O3/c24-23(25)22(15-18-11-5-9-16-7-1-3-12-19(16)18)26-21-14-6-10-17-8-2-4-13-20(17)21/h1-14,22H,15H2,(H,24,25)/t22-/m0/s1. The molecular weight excluding hydrogens is 324 g/mol. The van der Waals surface area contributed by atoms with E-state index in [1.807, 2.05) is 84.9 Å². The van der Waals surface area contributed by atoms with Crippen LogP contribution in [-0.4, -0.2) is 17.2 Å². The Morgan fingerprint density at radius 2 is 1.35 bits per heavy atom. The van der Waals surface area contributed by atoms with Gasteiger partial charge in [-0.1, -0.05) is 78.9 Å². The van der Waals surface area contributed by atoms with Crippen LogP contribution in [0, 0.1) is 0 Å². The smallest absolute Gasteiger partial charge is 0.345 e. The Bertz CT molecular complexity index is 993. The molecule has 128 valence electrons. The average Bonchev–Trinajstić information content (AvgIpc) is 2.68. The zero-order valence-corrected chi connectivity index (χ0v) is 14.1. The quantitative estimate of drug-likeness (QED) is 0.551. The van der Waals surface area contributed by atoms with Crippen LogP contribution in [0.3, 0.4) is 0 Å². The minimum Gasteiger partial charge on any atom is -0.478 e. The second kappa shape index (κ2) is 6.89. The number of rotatable bonds is 5. The van der Waals surface area contributed by atoms with E-state index in [9.17, 15) is 9.90 Å². The number of carbonyl (C=O) groups is 1. The summed E-state index contributed by atoms with van der Waals surface area (Å²) >= 11 is 0. The fraction of sp³-hybridized carbons (Fsp3) is 0.0870. The topological polar surface area (TPSA) is 46.5 Å². The predicted octanol–water partition coefficient (Wildman–Crippen LogP) is 5.07. The summed E-state index contributed by atoms with van der Waals surface area (Å²) in [4.78, 5) is 11.9. The maximum atomic E-state index is 11.9. The molecule has 0 radical (unpaired) electrons. The minimum absolute atomic E-state index is 0.305. The molecule has 0 aliphatic heterocycles. The van der Waals surface area contributed by atoms with E-state index in [2.05, 4.69) is 0 Å². The molecule has 0 saturated heterocycles. The average molecular weight is 342 g/mol. The van der Waals surface area contributed by atoms with Gasteiger partial charge in [0.05, 0.1) is 0 Å². The van der Waals surface area contributed by atoms with Crippen LogP contribution >= 0.6 is 0 Å². The zero-order valence-electron chi connectivity index (χ0n) is 14.1. The van der Waals surface area contributed by atoms with E-state index in [1.165, 1.54) is 0 Å². The Morgan fingerprint density at radius 1 is 0.769 bits per heavy atom. The fourth-order valence-electron chi connectivity index (χ4n) is 3.30. The van der Waals surface area contributed by atoms with Gasteiger partial charge >= 0.3 is 5.97 Å². The summed E-state index contributed by atoms with van der Waals surface area (Å²) in [5.41, 5.74) is 0.968. The molecule has 0 heterocycles. The summed E-state index contributed by atoms with van der Waals surface area (Å²) in [5, 5.41) is 13.8. The summed E-state index contributed by atoms with van der Waals surface area (Å²) in [6, 6.07) is 27.4. The molecule has 0 aromatic heterocycles. The lowest BCUT2D eigenvalue weighted by atomic mass is 10.00. The molecule has 0 aliphatic carbocycles. The zero-order chi connectivity index (χ0) is 17.9. The molecule has 4 aromatic carbocycles. The normalized spacial score (nSPS) is 12.2. The molecule has 3 heteroatoms. The van der Waals surface area contributed by atoms with Crippen LogP contribution in [0.2, 0.25) is 0 Å². The molecule has 0 spiro atoms. The van der Waals surface area contributed by atoms with Gasteiger partial charge in [0.15, 0.2) is 6.10 Å². The lowest BCUT2D eigenvalue weighted by Gasteiger charge is -2.17. The maximum Gasteiger partial charge on any atom is 0.345 e. The number of fused-ring (bicyclic) bond motifs is 2. The van der Waals surface area contributed by atoms with Crippen LogP contribution in [0.4, 0.5) is 0 Å². The molecule has 4 aromatic rings. The van der Waals surface area contributed by atoms with Crippen LogP contribution in [-0.2, 0) is 11.2 Å². The maximum absolute atomic E-state index is 11.9. The van der Waals surface area contributed by atoms with Crippen molar-refractivity contribution in [3.8, 4) is 5.75 Å². The summed E-state index contributed by atoms with van der Waals surface area (Å²) < 4.78 is 5.94. The lowest BCUT2D eigenvalue weighted by molar-refractivity contribution is -0.144. The van der Waals surface area contributed by atoms with E-state index >= 15 is 0 Å². The first-order chi connectivity index (χ1) is 12.7. The van der Waals surface area contributed by atoms with Crippen molar-refractivity contribution < 1.29 is 14.6 Å². The largest absolute Gasteiger partial charge is 0.478 e. The van der Waals surface area contributed by atoms with Crippen molar-refractivity contribution in [3.63, 3.8) is 0 Å². The van der Waals surface area contributed by atoms with Gasteiger partial charge in [0.1, 0.15) is 5.75 Å². The monoisotopic (exact) mass is 342 g/mol. The van der Waals surface area contributed by atoms with Crippen molar-refractivity contribution >= 4 is 27.5 Å². The van der Waals surface area contributed by atoms with Crippen LogP contribution in [0.1, 0.15) is 5.56 Å². The summed E-state index contributed by atoms with van der Waals surface area (Å²) in [6.07, 6.45) is -0.647. The van der Waals surface area contributed by atoms with Crippen molar-refractivity contribution in [1.82, 2.24) is 0 Å². The van der Waals surface area contributed by atoms with Crippen LogP contribution < -0.4 is 4.74 Å². The molecule has 26 heavy (non-hydrogen) atoms. The van der Waals surface area contributed by atoms with Crippen molar-refractivity contribution in [3.05, 3.63) is 90.5 Å². The van der Waals surface area contributed by atoms with Gasteiger partial charge in [0.25, 0.3) is 0 Å². The van der Waals surface area contributed by atoms with E-state index in [-0.39, 0.29) is 0 Å². The van der Waals surface area contributed by atoms with E-state index in [4.69, 9.17) is 4.74 Å². The molecule has 0 aliphatic rings. The first kappa shape index (κ1) is 16.2. The van der Waals surface area contributed by atoms with Gasteiger partial charge in [-0.2, -0.15) is 0 Å². The van der Waals surface area contributed by atoms with Gasteiger partial charge in [0, 0.05) is 11.8 Å². The molecule has 0 saturated carbocycles. The molecule has 0 bridgehead atoms. The molecule has 1 atom stereocenters. The van der Waals surface area contributed by atoms with Crippen LogP contribution in [0.15, 0.2) is 84.9 Å². The SMILES string of the molecule is O=C(O)[C@H](Cc1cccc2ccccc12)Oc1cccc2ccccc12. The number of carboxylic acids is 1. The van der Waals surface area contributed by atoms with Gasteiger partial charge in [-0.25, -0.2) is 4.79 Å². The third-order valence-electron chi connectivity index (χ3n) is 4.58. The van der Waals surface area contributed by atoms with Crippen LogP contribution in [0.5, 0.6) is 5.75 Å². The molecule has 3 nitrogen and oxygen atoms in total. The molecular formula is C23H18O3. The Balaban J connectivity index is 1.69. The molecule has 1 N–H and O–H groups in total. The third kappa shape index (κ3) is 3.11. The second-order valence-corrected chi connectivity index (χ2v) is 6.26. The van der Waals surface area contributed by atoms with Crippen molar-refractivity contribution in [1.29, 1.82) is 0 Å². The number of hydrogen-bond acceptors (Lipinski definition) is 2. The lowest BCUT2D eigenvalue weighted by Crippen LogP contribution is -2.29. The van der Waals surface area contributed by atoms with Gasteiger partial charge in [-0.3, -0.25) is 0 Å². The van der Waals surface area contributed by atoms with Gasteiger partial charge < -0.3 is 9.84 Å². The van der Waals surface area contributed by atoms with E-state index in [0.29, 0.717) is 12.2 Å². The number of aliphatic carboxylic acids is 1. The Kier molecular flexibility index (Phi) is 4.28. The highest BCUT2D eigenvalue weighted by Crippen LogP contribution is 2.27. The van der Waals surface area contributed by atoms with Gasteiger partial charge in [-0.15, -0.1) is 0 Å². The van der Waals surface area contributed by atoms with Crippen molar-refractivity contribution in [2.75, 3.05) is 0 Å². The number of benzene rings is 4. The first-order valence-corrected chi connectivity index (χ1v) is 8.56. The Labute approximate surface area is 151 Å². The predicted molar refractivity (Wildman–Crippen MR) is 104 cm³/mol. The highest BCUT2D eigenvalue weighted by molar-refractivity contribution is 5.89.